The number of hydrogen-bond acceptors (Lipinski definition) is 7. The van der Waals surface area contributed by atoms with E-state index in [2.05, 4.69) is 10.3 Å². The fourth-order valence-corrected chi connectivity index (χ4v) is 5.00. The number of nitrogens with two attached hydrogens (primary N) is 1. The molecule has 2 aromatic heterocycles. The van der Waals surface area contributed by atoms with E-state index in [1.165, 1.54) is 19.2 Å². The zero-order valence-corrected chi connectivity index (χ0v) is 21.5. The van der Waals surface area contributed by atoms with Gasteiger partial charge in [-0.2, -0.15) is 0 Å². The molecule has 0 bridgehead atoms. The number of nitrogens with one attached hydrogen (secondary N) is 1. The number of furan rings is 1. The molecule has 0 aliphatic heterocycles. The summed E-state index contributed by atoms with van der Waals surface area (Å²) in [6.07, 6.45) is 5.36. The number of hydrogen-bond donors (Lipinski definition) is 2. The Balaban J connectivity index is 1.53. The summed E-state index contributed by atoms with van der Waals surface area (Å²) < 4.78 is 37.3. The van der Waals surface area contributed by atoms with Gasteiger partial charge in [-0.1, -0.05) is 12.8 Å². The Hall–Kier alpha value is -4.11. The second-order valence-corrected chi connectivity index (χ2v) is 9.35. The number of aromatic nitrogens is 1. The maximum absolute atomic E-state index is 14.7. The van der Waals surface area contributed by atoms with Gasteiger partial charge in [-0.15, -0.1) is 0 Å². The average Bonchev–Trinajstić information content (AvgIpc) is 3.37. The number of halogens is 1. The third-order valence-corrected chi connectivity index (χ3v) is 6.97. The third-order valence-electron chi connectivity index (χ3n) is 6.97. The van der Waals surface area contributed by atoms with Gasteiger partial charge in [-0.05, 0) is 54.8 Å². The number of pyridine rings is 1. The van der Waals surface area contributed by atoms with Gasteiger partial charge in [-0.3, -0.25) is 9.78 Å². The lowest BCUT2D eigenvalue weighted by atomic mass is 9.91. The molecule has 8 nitrogen and oxygen atoms in total. The summed E-state index contributed by atoms with van der Waals surface area (Å²) in [5.74, 6) is 1.06. The van der Waals surface area contributed by atoms with E-state index < -0.39 is 5.82 Å². The molecule has 1 amide bonds. The number of nitrogens with zero attached hydrogens (tertiary/aromatic N) is 1. The van der Waals surface area contributed by atoms with Crippen LogP contribution in [-0.4, -0.2) is 44.3 Å². The van der Waals surface area contributed by atoms with Crippen molar-refractivity contribution >= 4 is 17.0 Å². The standard InChI is InChI=1S/C29H30FN3O5/c1-35-25-13-17(14-26(36-2)28(25)37-3)24-15-23-27(38-24)20(8-9-32-23)16-10-18(12-19(30)11-16)29(34)33-22-7-5-4-6-21(22)31/h8-15,21-22H,4-7,31H2,1-3H3,(H,33,34)/t21-,22+/m0/s1. The molecule has 5 rings (SSSR count). The zero-order valence-electron chi connectivity index (χ0n) is 21.5. The van der Waals surface area contributed by atoms with E-state index >= 15 is 0 Å². The monoisotopic (exact) mass is 519 g/mol. The number of rotatable bonds is 7. The summed E-state index contributed by atoms with van der Waals surface area (Å²) in [5.41, 5.74) is 9.25. The normalized spacial score (nSPS) is 17.3. The molecule has 2 aromatic carbocycles. The lowest BCUT2D eigenvalue weighted by Gasteiger charge is -2.29. The first-order chi connectivity index (χ1) is 18.4. The minimum atomic E-state index is -0.526. The average molecular weight is 520 g/mol. The number of ether oxygens (including phenoxy) is 3. The molecular weight excluding hydrogens is 489 g/mol. The molecular formula is C29H30FN3O5. The molecule has 4 aromatic rings. The van der Waals surface area contributed by atoms with Crippen molar-refractivity contribution in [2.45, 2.75) is 37.8 Å². The molecule has 0 saturated heterocycles. The Morgan fingerprint density at radius 1 is 1.00 bits per heavy atom. The Labute approximate surface area is 219 Å². The molecule has 1 saturated carbocycles. The molecule has 9 heteroatoms. The highest BCUT2D eigenvalue weighted by molar-refractivity contribution is 5.98. The molecule has 2 heterocycles. The minimum Gasteiger partial charge on any atom is -0.493 e. The van der Waals surface area contributed by atoms with Gasteiger partial charge in [0.25, 0.3) is 5.91 Å². The number of fused-ring (bicyclic) bond motifs is 1. The van der Waals surface area contributed by atoms with Crippen LogP contribution in [0, 0.1) is 5.82 Å². The van der Waals surface area contributed by atoms with Crippen LogP contribution in [0.25, 0.3) is 33.6 Å². The number of amides is 1. The van der Waals surface area contributed by atoms with Crippen molar-refractivity contribution < 1.29 is 27.8 Å². The van der Waals surface area contributed by atoms with Crippen LogP contribution in [0.3, 0.4) is 0 Å². The second kappa shape index (κ2) is 10.7. The van der Waals surface area contributed by atoms with Crippen molar-refractivity contribution in [3.63, 3.8) is 0 Å². The first-order valence-electron chi connectivity index (χ1n) is 12.5. The predicted molar refractivity (Wildman–Crippen MR) is 142 cm³/mol. The molecule has 0 unspecified atom stereocenters. The summed E-state index contributed by atoms with van der Waals surface area (Å²) >= 11 is 0. The second-order valence-electron chi connectivity index (χ2n) is 9.35. The van der Waals surface area contributed by atoms with Crippen molar-refractivity contribution in [1.82, 2.24) is 10.3 Å². The highest BCUT2D eigenvalue weighted by Gasteiger charge is 2.24. The maximum Gasteiger partial charge on any atom is 0.251 e. The van der Waals surface area contributed by atoms with Gasteiger partial charge in [-0.25, -0.2) is 4.39 Å². The van der Waals surface area contributed by atoms with Gasteiger partial charge in [0.05, 0.1) is 21.3 Å². The van der Waals surface area contributed by atoms with Gasteiger partial charge in [0.1, 0.15) is 17.1 Å². The quantitative estimate of drug-likeness (QED) is 0.340. The first-order valence-corrected chi connectivity index (χ1v) is 12.5. The van der Waals surface area contributed by atoms with Gasteiger partial charge < -0.3 is 29.7 Å². The number of methoxy groups -OCH3 is 3. The minimum absolute atomic E-state index is 0.0997. The van der Waals surface area contributed by atoms with Crippen LogP contribution >= 0.6 is 0 Å². The molecule has 1 fully saturated rings. The van der Waals surface area contributed by atoms with E-state index in [9.17, 15) is 9.18 Å². The van der Waals surface area contributed by atoms with E-state index in [-0.39, 0.29) is 23.6 Å². The van der Waals surface area contributed by atoms with Crippen LogP contribution in [-0.2, 0) is 0 Å². The molecule has 198 valence electrons. The molecule has 1 aliphatic rings. The van der Waals surface area contributed by atoms with E-state index in [0.29, 0.717) is 50.8 Å². The lowest BCUT2D eigenvalue weighted by molar-refractivity contribution is 0.0921. The van der Waals surface area contributed by atoms with E-state index in [4.69, 9.17) is 24.4 Å². The van der Waals surface area contributed by atoms with Gasteiger partial charge in [0.15, 0.2) is 17.1 Å². The largest absolute Gasteiger partial charge is 0.493 e. The van der Waals surface area contributed by atoms with Gasteiger partial charge in [0, 0.05) is 41.0 Å². The van der Waals surface area contributed by atoms with E-state index in [0.717, 1.165) is 25.7 Å². The summed E-state index contributed by atoms with van der Waals surface area (Å²) in [4.78, 5) is 17.4. The van der Waals surface area contributed by atoms with Crippen molar-refractivity contribution in [3.05, 3.63) is 60.0 Å². The van der Waals surface area contributed by atoms with Crippen LogP contribution in [0.2, 0.25) is 0 Å². The molecule has 38 heavy (non-hydrogen) atoms. The smallest absolute Gasteiger partial charge is 0.251 e. The number of carbonyl (C=O) groups excluding carboxylic acids is 1. The Kier molecular flexibility index (Phi) is 7.20. The number of benzene rings is 2. The fourth-order valence-electron chi connectivity index (χ4n) is 5.00. The summed E-state index contributed by atoms with van der Waals surface area (Å²) in [7, 11) is 4.62. The van der Waals surface area contributed by atoms with E-state index in [1.807, 2.05) is 0 Å². The van der Waals surface area contributed by atoms with Crippen LogP contribution in [0.4, 0.5) is 4.39 Å². The summed E-state index contributed by atoms with van der Waals surface area (Å²) in [6, 6.07) is 11.1. The lowest BCUT2D eigenvalue weighted by Crippen LogP contribution is -2.49. The van der Waals surface area contributed by atoms with Crippen molar-refractivity contribution in [2.24, 2.45) is 5.73 Å². The highest BCUT2D eigenvalue weighted by atomic mass is 19.1. The zero-order chi connectivity index (χ0) is 26.8. The maximum atomic E-state index is 14.7. The van der Waals surface area contributed by atoms with E-state index in [1.54, 1.807) is 50.7 Å². The van der Waals surface area contributed by atoms with Crippen LogP contribution in [0.15, 0.2) is 53.1 Å². The van der Waals surface area contributed by atoms with Crippen LogP contribution in [0.5, 0.6) is 17.2 Å². The fraction of sp³-hybridized carbons (Fsp3) is 0.310. The van der Waals surface area contributed by atoms with Crippen molar-refractivity contribution in [1.29, 1.82) is 0 Å². The van der Waals surface area contributed by atoms with Crippen molar-refractivity contribution in [3.8, 4) is 39.7 Å². The molecule has 1 aliphatic carbocycles. The van der Waals surface area contributed by atoms with Gasteiger partial charge >= 0.3 is 0 Å². The Morgan fingerprint density at radius 2 is 1.74 bits per heavy atom. The SMILES string of the molecule is COc1cc(-c2cc3nccc(-c4cc(F)cc(C(=O)N[C@@H]5CCCC[C@@H]5N)c4)c3o2)cc(OC)c1OC. The highest BCUT2D eigenvalue weighted by Crippen LogP contribution is 2.43. The Bertz CT molecular complexity index is 1460. The van der Waals surface area contributed by atoms with Crippen LogP contribution < -0.4 is 25.3 Å². The first kappa shape index (κ1) is 25.5. The molecule has 0 spiro atoms. The topological polar surface area (TPSA) is 109 Å². The number of carbonyl (C=O) groups is 1. The molecule has 0 radical (unpaired) electrons. The van der Waals surface area contributed by atoms with Gasteiger partial charge in [0.2, 0.25) is 5.75 Å². The predicted octanol–water partition coefficient (Wildman–Crippen LogP) is 5.33. The summed E-state index contributed by atoms with van der Waals surface area (Å²) in [5, 5.41) is 2.98. The molecule has 2 atom stereocenters. The molecule has 3 N–H and O–H groups in total. The third kappa shape index (κ3) is 4.89. The summed E-state index contributed by atoms with van der Waals surface area (Å²) in [6.45, 7) is 0. The van der Waals surface area contributed by atoms with Crippen LogP contribution in [0.1, 0.15) is 36.0 Å². The Morgan fingerprint density at radius 3 is 2.42 bits per heavy atom. The van der Waals surface area contributed by atoms with Crippen molar-refractivity contribution in [2.75, 3.05) is 21.3 Å².